The van der Waals surface area contributed by atoms with Crippen molar-refractivity contribution in [1.29, 1.82) is 0 Å². The molecule has 1 aromatic carbocycles. The van der Waals surface area contributed by atoms with Crippen LogP contribution in [-0.2, 0) is 0 Å². The monoisotopic (exact) mass is 210 g/mol. The van der Waals surface area contributed by atoms with Crippen LogP contribution in [0.4, 0.5) is 5.82 Å². The van der Waals surface area contributed by atoms with Crippen LogP contribution in [0.5, 0.6) is 0 Å². The molecule has 3 nitrogen and oxygen atoms in total. The van der Waals surface area contributed by atoms with Crippen molar-refractivity contribution in [2.75, 3.05) is 11.9 Å². The van der Waals surface area contributed by atoms with E-state index in [4.69, 9.17) is 0 Å². The van der Waals surface area contributed by atoms with Gasteiger partial charge in [0, 0.05) is 23.5 Å². The molecule has 2 aromatic rings. The molecule has 0 bridgehead atoms. The molecule has 0 aliphatic carbocycles. The van der Waals surface area contributed by atoms with Gasteiger partial charge >= 0.3 is 0 Å². The Labute approximate surface area is 92.5 Å². The molecule has 0 spiro atoms. The van der Waals surface area contributed by atoms with E-state index in [1.54, 1.807) is 6.20 Å². The molecule has 0 atom stereocenters. The van der Waals surface area contributed by atoms with Gasteiger partial charge in [0.1, 0.15) is 5.82 Å². The second-order valence-electron chi connectivity index (χ2n) is 3.72. The Balaban J connectivity index is 2.52. The highest BCUT2D eigenvalue weighted by molar-refractivity contribution is 5.84. The van der Waals surface area contributed by atoms with Crippen molar-refractivity contribution in [3.05, 3.63) is 52.3 Å². The van der Waals surface area contributed by atoms with Crippen molar-refractivity contribution in [2.24, 2.45) is 0 Å². The van der Waals surface area contributed by atoms with E-state index in [1.807, 2.05) is 36.4 Å². The number of benzene rings is 1. The van der Waals surface area contributed by atoms with Gasteiger partial charge in [-0.1, -0.05) is 30.3 Å². The van der Waals surface area contributed by atoms with Crippen molar-refractivity contribution in [3.63, 3.8) is 0 Å². The smallest absolute Gasteiger partial charge is 0.197 e. The van der Waals surface area contributed by atoms with Crippen LogP contribution in [0, 0.1) is 0 Å². The van der Waals surface area contributed by atoms with E-state index in [0.717, 1.165) is 11.9 Å². The summed E-state index contributed by atoms with van der Waals surface area (Å²) in [6.07, 6.45) is 5.51. The predicted octanol–water partition coefficient (Wildman–Crippen LogP) is 2.03. The lowest BCUT2D eigenvalue weighted by Gasteiger charge is -2.06. The van der Waals surface area contributed by atoms with Crippen molar-refractivity contribution >= 4 is 22.7 Å². The maximum atomic E-state index is 12.2. The number of aromatic nitrogens is 1. The first-order valence-electron chi connectivity index (χ1n) is 5.19. The zero-order chi connectivity index (χ0) is 11.0. The summed E-state index contributed by atoms with van der Waals surface area (Å²) in [5, 5.41) is 4.69. The summed E-state index contributed by atoms with van der Waals surface area (Å²) in [5.41, 5.74) is 0.680. The lowest BCUT2D eigenvalue weighted by atomic mass is 10.1. The fraction of sp³-hybridized carbons (Fsp3) is 0.0769. The van der Waals surface area contributed by atoms with Crippen LogP contribution >= 0.6 is 0 Å². The molecule has 1 aliphatic rings. The molecule has 0 saturated heterocycles. The molecule has 0 saturated carbocycles. The van der Waals surface area contributed by atoms with E-state index < -0.39 is 0 Å². The quantitative estimate of drug-likeness (QED) is 0.723. The molecule has 0 radical (unpaired) electrons. The Morgan fingerprint density at radius 2 is 2.12 bits per heavy atom. The third kappa shape index (κ3) is 1.29. The molecule has 2 heterocycles. The minimum absolute atomic E-state index is 0.0338. The molecule has 1 N–H and O–H groups in total. The molecule has 0 amide bonds. The second kappa shape index (κ2) is 3.45. The first-order valence-corrected chi connectivity index (χ1v) is 5.19. The van der Waals surface area contributed by atoms with E-state index in [-0.39, 0.29) is 5.43 Å². The van der Waals surface area contributed by atoms with Crippen LogP contribution in [0.1, 0.15) is 5.56 Å². The fourth-order valence-corrected chi connectivity index (χ4v) is 1.90. The van der Waals surface area contributed by atoms with Crippen LogP contribution in [0.3, 0.4) is 0 Å². The minimum atomic E-state index is 0.0338. The molecular formula is C13H10N2O. The average molecular weight is 210 g/mol. The number of anilines is 1. The number of fused-ring (bicyclic) bond motifs is 2. The highest BCUT2D eigenvalue weighted by Crippen LogP contribution is 2.16. The summed E-state index contributed by atoms with van der Waals surface area (Å²) < 4.78 is 0. The molecule has 1 aliphatic heterocycles. The Morgan fingerprint density at radius 3 is 3.06 bits per heavy atom. The van der Waals surface area contributed by atoms with E-state index in [2.05, 4.69) is 10.3 Å². The van der Waals surface area contributed by atoms with Crippen LogP contribution in [-0.4, -0.2) is 11.5 Å². The minimum Gasteiger partial charge on any atom is -0.366 e. The summed E-state index contributed by atoms with van der Waals surface area (Å²) in [7, 11) is 0. The molecule has 1 aromatic heterocycles. The normalized spacial score (nSPS) is 13.2. The number of nitrogens with zero attached hydrogens (tertiary/aromatic N) is 1. The third-order valence-electron chi connectivity index (χ3n) is 2.71. The van der Waals surface area contributed by atoms with E-state index >= 15 is 0 Å². The van der Waals surface area contributed by atoms with Gasteiger partial charge in [-0.15, -0.1) is 0 Å². The van der Waals surface area contributed by atoms with Gasteiger partial charge < -0.3 is 5.32 Å². The largest absolute Gasteiger partial charge is 0.366 e. The Kier molecular flexibility index (Phi) is 1.96. The summed E-state index contributed by atoms with van der Waals surface area (Å²) in [4.78, 5) is 16.6. The van der Waals surface area contributed by atoms with Crippen LogP contribution in [0.2, 0.25) is 0 Å². The van der Waals surface area contributed by atoms with Gasteiger partial charge in [-0.3, -0.25) is 4.79 Å². The number of hydrogen-bond acceptors (Lipinski definition) is 3. The molecule has 16 heavy (non-hydrogen) atoms. The molecule has 3 heteroatoms. The van der Waals surface area contributed by atoms with E-state index in [1.165, 1.54) is 0 Å². The lowest BCUT2D eigenvalue weighted by molar-refractivity contribution is 1.22. The van der Waals surface area contributed by atoms with Gasteiger partial charge in [-0.25, -0.2) is 4.98 Å². The first-order chi connectivity index (χ1) is 7.86. The zero-order valence-electron chi connectivity index (χ0n) is 8.60. The number of nitrogens with one attached hydrogen (secondary N) is 1. The van der Waals surface area contributed by atoms with E-state index in [9.17, 15) is 4.79 Å². The molecule has 78 valence electrons. The fourth-order valence-electron chi connectivity index (χ4n) is 1.90. The number of hydrogen-bond donors (Lipinski definition) is 1. The zero-order valence-corrected chi connectivity index (χ0v) is 8.60. The second-order valence-corrected chi connectivity index (χ2v) is 3.72. The van der Waals surface area contributed by atoms with Gasteiger partial charge in [0.15, 0.2) is 5.43 Å². The van der Waals surface area contributed by atoms with E-state index in [0.29, 0.717) is 16.8 Å². The first kappa shape index (κ1) is 9.09. The predicted molar refractivity (Wildman–Crippen MR) is 65.5 cm³/mol. The number of rotatable bonds is 0. The SMILES string of the molecule is O=c1c2c(ncc3ccccc13)NCC=C2. The van der Waals surface area contributed by atoms with Gasteiger partial charge in [-0.2, -0.15) is 0 Å². The third-order valence-corrected chi connectivity index (χ3v) is 2.71. The van der Waals surface area contributed by atoms with Crippen LogP contribution < -0.4 is 10.7 Å². The molecule has 0 unspecified atom stereocenters. The van der Waals surface area contributed by atoms with Crippen molar-refractivity contribution in [2.45, 2.75) is 0 Å². The van der Waals surface area contributed by atoms with Crippen LogP contribution in [0.15, 0.2) is 41.3 Å². The Hall–Kier alpha value is -2.16. The van der Waals surface area contributed by atoms with Gasteiger partial charge in [0.25, 0.3) is 0 Å². The van der Waals surface area contributed by atoms with Crippen LogP contribution in [0.25, 0.3) is 16.8 Å². The summed E-state index contributed by atoms with van der Waals surface area (Å²) >= 11 is 0. The van der Waals surface area contributed by atoms with Gasteiger partial charge in [-0.05, 0) is 6.08 Å². The van der Waals surface area contributed by atoms with Crippen molar-refractivity contribution in [3.8, 4) is 0 Å². The highest BCUT2D eigenvalue weighted by atomic mass is 16.1. The van der Waals surface area contributed by atoms with Crippen molar-refractivity contribution < 1.29 is 0 Å². The lowest BCUT2D eigenvalue weighted by Crippen LogP contribution is -2.12. The van der Waals surface area contributed by atoms with Gasteiger partial charge in [0.05, 0.1) is 5.56 Å². The van der Waals surface area contributed by atoms with Gasteiger partial charge in [0.2, 0.25) is 0 Å². The average Bonchev–Trinajstić information content (AvgIpc) is 2.49. The standard InChI is InChI=1S/C13H10N2O/c16-12-10-5-2-1-4-9(10)8-15-13-11(12)6-3-7-14-13/h1-6,8,14H,7H2. The summed E-state index contributed by atoms with van der Waals surface area (Å²) in [5.74, 6) is 0.670. The summed E-state index contributed by atoms with van der Waals surface area (Å²) in [6, 6.07) is 7.52. The molecule has 3 rings (SSSR count). The summed E-state index contributed by atoms with van der Waals surface area (Å²) in [6.45, 7) is 0.722. The maximum absolute atomic E-state index is 12.2. The van der Waals surface area contributed by atoms with Crippen molar-refractivity contribution in [1.82, 2.24) is 4.98 Å². The Morgan fingerprint density at radius 1 is 1.25 bits per heavy atom. The molecular weight excluding hydrogens is 200 g/mol. The Bertz CT molecular complexity index is 647. The molecule has 0 fully saturated rings. The maximum Gasteiger partial charge on any atom is 0.197 e. The highest BCUT2D eigenvalue weighted by Gasteiger charge is 2.09. The topological polar surface area (TPSA) is 42.0 Å².